The van der Waals surface area contributed by atoms with Crippen molar-refractivity contribution in [3.8, 4) is 0 Å². The van der Waals surface area contributed by atoms with Crippen molar-refractivity contribution in [2.75, 3.05) is 23.9 Å². The van der Waals surface area contributed by atoms with Gasteiger partial charge in [0.2, 0.25) is 0 Å². The van der Waals surface area contributed by atoms with Crippen molar-refractivity contribution in [3.63, 3.8) is 0 Å². The molecule has 1 aliphatic rings. The Labute approximate surface area is 111 Å². The molecule has 0 radical (unpaired) electrons. The summed E-state index contributed by atoms with van der Waals surface area (Å²) >= 11 is 1.85. The van der Waals surface area contributed by atoms with Crippen molar-refractivity contribution >= 4 is 29.1 Å². The lowest BCUT2D eigenvalue weighted by Crippen LogP contribution is -2.40. The van der Waals surface area contributed by atoms with Gasteiger partial charge in [-0.05, 0) is 31.2 Å². The van der Waals surface area contributed by atoms with Crippen molar-refractivity contribution in [2.24, 2.45) is 0 Å². The van der Waals surface area contributed by atoms with Gasteiger partial charge in [-0.25, -0.2) is 4.79 Å². The molecular weight excluding hydrogens is 248 g/mol. The summed E-state index contributed by atoms with van der Waals surface area (Å²) in [6.45, 7) is 0.767. The van der Waals surface area contributed by atoms with E-state index in [0.29, 0.717) is 11.4 Å². The van der Waals surface area contributed by atoms with Gasteiger partial charge in [0.15, 0.2) is 0 Å². The number of rotatable bonds is 5. The third-order valence-electron chi connectivity index (χ3n) is 3.61. The van der Waals surface area contributed by atoms with Crippen LogP contribution in [0.5, 0.6) is 0 Å². The van der Waals surface area contributed by atoms with Gasteiger partial charge in [0.1, 0.15) is 0 Å². The molecule has 1 aliphatic carbocycles. The molecule has 1 aromatic carbocycles. The number of carboxylic acids is 1. The van der Waals surface area contributed by atoms with Crippen molar-refractivity contribution in [1.29, 1.82) is 0 Å². The van der Waals surface area contributed by atoms with Gasteiger partial charge in [0, 0.05) is 11.3 Å². The Morgan fingerprint density at radius 1 is 1.56 bits per heavy atom. The Morgan fingerprint density at radius 2 is 2.28 bits per heavy atom. The highest BCUT2D eigenvalue weighted by atomic mass is 32.2. The normalized spacial score (nSPS) is 16.9. The van der Waals surface area contributed by atoms with Gasteiger partial charge in [-0.3, -0.25) is 0 Å². The summed E-state index contributed by atoms with van der Waals surface area (Å²) in [6, 6.07) is 4.96. The summed E-state index contributed by atoms with van der Waals surface area (Å²) in [5.74, 6) is -0.948. The molecule has 2 rings (SSSR count). The molecule has 18 heavy (non-hydrogen) atoms. The van der Waals surface area contributed by atoms with E-state index in [0.717, 1.165) is 6.54 Å². The molecule has 0 unspecified atom stereocenters. The molecule has 1 fully saturated rings. The highest BCUT2D eigenvalue weighted by Crippen LogP contribution is 2.43. The lowest BCUT2D eigenvalue weighted by molar-refractivity contribution is 0.0698. The first-order valence-corrected chi connectivity index (χ1v) is 7.21. The smallest absolute Gasteiger partial charge is 0.337 e. The summed E-state index contributed by atoms with van der Waals surface area (Å²) in [7, 11) is 0. The summed E-state index contributed by atoms with van der Waals surface area (Å²) < 4.78 is 0.248. The first kappa shape index (κ1) is 13.1. The molecule has 0 amide bonds. The van der Waals surface area contributed by atoms with Crippen molar-refractivity contribution < 1.29 is 9.90 Å². The second kappa shape index (κ2) is 5.10. The van der Waals surface area contributed by atoms with Crippen molar-refractivity contribution in [2.45, 2.75) is 24.0 Å². The van der Waals surface area contributed by atoms with Crippen LogP contribution in [0.1, 0.15) is 29.6 Å². The van der Waals surface area contributed by atoms with E-state index in [1.165, 1.54) is 19.3 Å². The second-order valence-electron chi connectivity index (χ2n) is 4.67. The predicted molar refractivity (Wildman–Crippen MR) is 76.4 cm³/mol. The number of carbonyl (C=O) groups is 1. The zero-order valence-corrected chi connectivity index (χ0v) is 11.2. The van der Waals surface area contributed by atoms with Crippen LogP contribution in [-0.2, 0) is 0 Å². The Morgan fingerprint density at radius 3 is 2.78 bits per heavy atom. The van der Waals surface area contributed by atoms with Gasteiger partial charge in [-0.1, -0.05) is 12.5 Å². The van der Waals surface area contributed by atoms with E-state index >= 15 is 0 Å². The number of nitrogens with two attached hydrogens (primary N) is 1. The largest absolute Gasteiger partial charge is 0.478 e. The first-order valence-electron chi connectivity index (χ1n) is 5.99. The number of para-hydroxylation sites is 1. The second-order valence-corrected chi connectivity index (χ2v) is 5.94. The summed E-state index contributed by atoms with van der Waals surface area (Å²) in [6.07, 6.45) is 5.71. The third-order valence-corrected chi connectivity index (χ3v) is 5.03. The van der Waals surface area contributed by atoms with Crippen LogP contribution in [-0.4, -0.2) is 28.6 Å². The third kappa shape index (κ3) is 2.41. The number of anilines is 2. The van der Waals surface area contributed by atoms with Crippen LogP contribution in [0.4, 0.5) is 11.4 Å². The van der Waals surface area contributed by atoms with Gasteiger partial charge < -0.3 is 16.2 Å². The molecule has 1 aromatic rings. The van der Waals surface area contributed by atoms with Crippen LogP contribution < -0.4 is 11.1 Å². The monoisotopic (exact) mass is 266 g/mol. The molecule has 1 saturated carbocycles. The standard InChI is InChI=1S/C13H18N2O2S/c1-18-13(6-3-7-13)8-15-11-9(12(16)17)4-2-5-10(11)14/h2,4-5,15H,3,6-8,14H2,1H3,(H,16,17). The molecule has 0 aliphatic heterocycles. The quantitative estimate of drug-likeness (QED) is 0.714. The van der Waals surface area contributed by atoms with Gasteiger partial charge in [-0.2, -0.15) is 11.8 Å². The fourth-order valence-electron chi connectivity index (χ4n) is 2.22. The van der Waals surface area contributed by atoms with Crippen LogP contribution in [0.25, 0.3) is 0 Å². The maximum absolute atomic E-state index is 11.2. The zero-order chi connectivity index (χ0) is 13.2. The van der Waals surface area contributed by atoms with Crippen molar-refractivity contribution in [1.82, 2.24) is 0 Å². The van der Waals surface area contributed by atoms with Gasteiger partial charge in [0.25, 0.3) is 0 Å². The van der Waals surface area contributed by atoms with E-state index in [1.54, 1.807) is 18.2 Å². The zero-order valence-electron chi connectivity index (χ0n) is 10.4. The number of nitrogen functional groups attached to an aromatic ring is 1. The lowest BCUT2D eigenvalue weighted by Gasteiger charge is -2.40. The van der Waals surface area contributed by atoms with Gasteiger partial charge in [0.05, 0.1) is 16.9 Å². The van der Waals surface area contributed by atoms with E-state index in [9.17, 15) is 4.79 Å². The fourth-order valence-corrected chi connectivity index (χ4v) is 3.13. The lowest BCUT2D eigenvalue weighted by atomic mass is 9.84. The van der Waals surface area contributed by atoms with Gasteiger partial charge in [-0.15, -0.1) is 0 Å². The minimum Gasteiger partial charge on any atom is -0.478 e. The van der Waals surface area contributed by atoms with E-state index in [4.69, 9.17) is 10.8 Å². The summed E-state index contributed by atoms with van der Waals surface area (Å²) in [5, 5.41) is 12.4. The maximum atomic E-state index is 11.2. The summed E-state index contributed by atoms with van der Waals surface area (Å²) in [5.41, 5.74) is 7.14. The number of carboxylic acid groups (broad SMARTS) is 1. The van der Waals surface area contributed by atoms with Crippen molar-refractivity contribution in [3.05, 3.63) is 23.8 Å². The van der Waals surface area contributed by atoms with Gasteiger partial charge >= 0.3 is 5.97 Å². The molecule has 0 aromatic heterocycles. The number of hydrogen-bond donors (Lipinski definition) is 3. The number of benzene rings is 1. The van der Waals surface area contributed by atoms with E-state index in [2.05, 4.69) is 11.6 Å². The number of hydrogen-bond acceptors (Lipinski definition) is 4. The molecule has 0 atom stereocenters. The van der Waals surface area contributed by atoms with E-state index < -0.39 is 5.97 Å². The molecule has 4 nitrogen and oxygen atoms in total. The SMILES string of the molecule is CSC1(CNc2c(N)cccc2C(=O)O)CCC1. The van der Waals surface area contributed by atoms with E-state index in [1.807, 2.05) is 11.8 Å². The minimum absolute atomic E-state index is 0.241. The predicted octanol–water partition coefficient (Wildman–Crippen LogP) is 2.66. The molecule has 0 bridgehead atoms. The Hall–Kier alpha value is -1.36. The molecule has 98 valence electrons. The highest BCUT2D eigenvalue weighted by Gasteiger charge is 2.36. The maximum Gasteiger partial charge on any atom is 0.337 e. The number of aromatic carboxylic acids is 1. The first-order chi connectivity index (χ1) is 8.58. The molecule has 0 heterocycles. The average molecular weight is 266 g/mol. The topological polar surface area (TPSA) is 75.3 Å². The number of nitrogens with one attached hydrogen (secondary N) is 1. The van der Waals surface area contributed by atoms with Crippen LogP contribution in [0, 0.1) is 0 Å². The van der Waals surface area contributed by atoms with Crippen LogP contribution >= 0.6 is 11.8 Å². The fraction of sp³-hybridized carbons (Fsp3) is 0.462. The Bertz CT molecular complexity index is 453. The molecule has 0 saturated heterocycles. The summed E-state index contributed by atoms with van der Waals surface area (Å²) in [4.78, 5) is 11.2. The Balaban J connectivity index is 2.15. The average Bonchev–Trinajstić information content (AvgIpc) is 2.29. The molecule has 5 heteroatoms. The highest BCUT2D eigenvalue weighted by molar-refractivity contribution is 8.00. The van der Waals surface area contributed by atoms with E-state index in [-0.39, 0.29) is 10.3 Å². The molecule has 4 N–H and O–H groups in total. The Kier molecular flexibility index (Phi) is 3.71. The minimum atomic E-state index is -0.948. The van der Waals surface area contributed by atoms with Crippen LogP contribution in [0.3, 0.4) is 0 Å². The van der Waals surface area contributed by atoms with Crippen LogP contribution in [0.15, 0.2) is 18.2 Å². The molecular formula is C13H18N2O2S. The van der Waals surface area contributed by atoms with Crippen LogP contribution in [0.2, 0.25) is 0 Å². The number of thioether (sulfide) groups is 1. The molecule has 0 spiro atoms.